The first-order valence-corrected chi connectivity index (χ1v) is 12.5. The van der Waals surface area contributed by atoms with E-state index in [0.717, 1.165) is 36.1 Å². The van der Waals surface area contributed by atoms with Crippen molar-refractivity contribution in [3.63, 3.8) is 0 Å². The van der Waals surface area contributed by atoms with E-state index in [0.29, 0.717) is 23.9 Å². The lowest BCUT2D eigenvalue weighted by Gasteiger charge is -2.25. The van der Waals surface area contributed by atoms with Gasteiger partial charge in [0.05, 0.1) is 22.5 Å². The minimum absolute atomic E-state index is 0.0220. The molecular formula is C27H34N6O2. The fourth-order valence-electron chi connectivity index (χ4n) is 4.49. The van der Waals surface area contributed by atoms with Gasteiger partial charge in [0, 0.05) is 19.0 Å². The van der Waals surface area contributed by atoms with Gasteiger partial charge in [0.2, 0.25) is 5.91 Å². The Labute approximate surface area is 205 Å². The molecule has 0 radical (unpaired) electrons. The van der Waals surface area contributed by atoms with Gasteiger partial charge in [-0.25, -0.2) is 9.67 Å². The normalized spacial score (nSPS) is 12.6. The second-order valence-corrected chi connectivity index (χ2v) is 9.66. The molecule has 0 bridgehead atoms. The summed E-state index contributed by atoms with van der Waals surface area (Å²) in [6, 6.07) is 15.4. The number of nitrogens with zero attached hydrogens (tertiary/aromatic N) is 5. The number of aryl methyl sites for hydroxylation is 1. The van der Waals surface area contributed by atoms with Crippen molar-refractivity contribution in [1.82, 2.24) is 29.9 Å². The van der Waals surface area contributed by atoms with Crippen LogP contribution in [0, 0.1) is 5.92 Å². The Hall–Kier alpha value is -3.55. The second kappa shape index (κ2) is 10.8. The molecular weight excluding hydrogens is 440 g/mol. The number of rotatable bonds is 10. The standard InChI is InChI=1S/C27H34N6O2/c1-18(2)25(26-28-22-14-9-10-15-23(22)33(26)19(3)4)29-24(34)16-6-5-11-17-32-27(35)20-12-7-8-13-21(20)30-31-32/h7-10,12-15,18-19,25H,5-6,11,16-17H2,1-4H3,(H,29,34)/t25-/m0/s1. The smallest absolute Gasteiger partial charge is 0.277 e. The Morgan fingerprint density at radius 2 is 1.66 bits per heavy atom. The van der Waals surface area contributed by atoms with Crippen molar-refractivity contribution in [3.05, 3.63) is 64.7 Å². The lowest BCUT2D eigenvalue weighted by atomic mass is 10.0. The Kier molecular flexibility index (Phi) is 7.58. The molecule has 4 rings (SSSR count). The van der Waals surface area contributed by atoms with Gasteiger partial charge >= 0.3 is 0 Å². The number of hydrogen-bond donors (Lipinski definition) is 1. The number of benzene rings is 2. The predicted molar refractivity (Wildman–Crippen MR) is 138 cm³/mol. The van der Waals surface area contributed by atoms with Crippen molar-refractivity contribution in [1.29, 1.82) is 0 Å². The topological polar surface area (TPSA) is 94.7 Å². The van der Waals surface area contributed by atoms with Gasteiger partial charge in [0.25, 0.3) is 5.56 Å². The second-order valence-electron chi connectivity index (χ2n) is 9.66. The molecule has 0 spiro atoms. The van der Waals surface area contributed by atoms with E-state index in [9.17, 15) is 9.59 Å². The van der Waals surface area contributed by atoms with Crippen molar-refractivity contribution < 1.29 is 4.79 Å². The van der Waals surface area contributed by atoms with Crippen LogP contribution in [0.4, 0.5) is 0 Å². The maximum absolute atomic E-state index is 12.8. The number of para-hydroxylation sites is 2. The summed E-state index contributed by atoms with van der Waals surface area (Å²) in [5, 5.41) is 12.0. The third kappa shape index (κ3) is 5.42. The van der Waals surface area contributed by atoms with Crippen molar-refractivity contribution in [2.24, 2.45) is 5.92 Å². The van der Waals surface area contributed by atoms with Crippen LogP contribution in [0.15, 0.2) is 53.3 Å². The Morgan fingerprint density at radius 1 is 0.943 bits per heavy atom. The molecule has 2 aromatic carbocycles. The van der Waals surface area contributed by atoms with Crippen LogP contribution in [0.3, 0.4) is 0 Å². The van der Waals surface area contributed by atoms with Crippen molar-refractivity contribution in [2.75, 3.05) is 0 Å². The fraction of sp³-hybridized carbons (Fsp3) is 0.444. The lowest BCUT2D eigenvalue weighted by Crippen LogP contribution is -2.33. The number of imidazole rings is 1. The summed E-state index contributed by atoms with van der Waals surface area (Å²) in [6.07, 6.45) is 2.76. The molecule has 184 valence electrons. The van der Waals surface area contributed by atoms with Crippen LogP contribution in [-0.4, -0.2) is 30.5 Å². The van der Waals surface area contributed by atoms with Crippen molar-refractivity contribution >= 4 is 27.8 Å². The van der Waals surface area contributed by atoms with Crippen LogP contribution in [0.2, 0.25) is 0 Å². The van der Waals surface area contributed by atoms with E-state index in [1.165, 1.54) is 4.68 Å². The van der Waals surface area contributed by atoms with E-state index < -0.39 is 0 Å². The summed E-state index contributed by atoms with van der Waals surface area (Å²) in [6.45, 7) is 8.99. The van der Waals surface area contributed by atoms with Gasteiger partial charge < -0.3 is 9.88 Å². The van der Waals surface area contributed by atoms with Crippen LogP contribution in [-0.2, 0) is 11.3 Å². The van der Waals surface area contributed by atoms with E-state index >= 15 is 0 Å². The minimum atomic E-state index is -0.163. The highest BCUT2D eigenvalue weighted by atomic mass is 16.1. The average Bonchev–Trinajstić information content (AvgIpc) is 3.23. The van der Waals surface area contributed by atoms with Gasteiger partial charge in [0.15, 0.2) is 0 Å². The molecule has 0 saturated heterocycles. The van der Waals surface area contributed by atoms with E-state index in [4.69, 9.17) is 4.98 Å². The molecule has 2 heterocycles. The van der Waals surface area contributed by atoms with Crippen LogP contribution in [0.25, 0.3) is 21.9 Å². The molecule has 1 amide bonds. The fourth-order valence-corrected chi connectivity index (χ4v) is 4.49. The number of carbonyl (C=O) groups excluding carboxylic acids is 1. The molecule has 0 aliphatic heterocycles. The highest BCUT2D eigenvalue weighted by Crippen LogP contribution is 2.29. The molecule has 8 nitrogen and oxygen atoms in total. The highest BCUT2D eigenvalue weighted by Gasteiger charge is 2.25. The molecule has 35 heavy (non-hydrogen) atoms. The zero-order valence-electron chi connectivity index (χ0n) is 20.9. The molecule has 1 N–H and O–H groups in total. The van der Waals surface area contributed by atoms with Crippen molar-refractivity contribution in [3.8, 4) is 0 Å². The van der Waals surface area contributed by atoms with E-state index in [1.807, 2.05) is 30.3 Å². The molecule has 0 unspecified atom stereocenters. The number of carbonyl (C=O) groups is 1. The van der Waals surface area contributed by atoms with Crippen molar-refractivity contribution in [2.45, 2.75) is 72.0 Å². The maximum atomic E-state index is 12.8. The predicted octanol–water partition coefficient (Wildman–Crippen LogP) is 4.80. The Bertz CT molecular complexity index is 1370. The van der Waals surface area contributed by atoms with Crippen LogP contribution in [0.5, 0.6) is 0 Å². The highest BCUT2D eigenvalue weighted by molar-refractivity contribution is 5.78. The first-order valence-electron chi connectivity index (χ1n) is 12.5. The van der Waals surface area contributed by atoms with Crippen LogP contribution in [0.1, 0.15) is 71.3 Å². The summed E-state index contributed by atoms with van der Waals surface area (Å²) in [5.41, 5.74) is 2.52. The van der Waals surface area contributed by atoms with E-state index in [-0.39, 0.29) is 29.5 Å². The molecule has 0 aliphatic rings. The van der Waals surface area contributed by atoms with Gasteiger partial charge in [-0.15, -0.1) is 5.10 Å². The molecule has 0 fully saturated rings. The van der Waals surface area contributed by atoms with Gasteiger partial charge in [-0.1, -0.05) is 49.7 Å². The molecule has 0 aliphatic carbocycles. The van der Waals surface area contributed by atoms with Crippen LogP contribution < -0.4 is 10.9 Å². The Morgan fingerprint density at radius 3 is 2.40 bits per heavy atom. The third-order valence-corrected chi connectivity index (χ3v) is 6.30. The van der Waals surface area contributed by atoms with E-state index in [1.54, 1.807) is 12.1 Å². The quantitative estimate of drug-likeness (QED) is 0.333. The average molecular weight is 475 g/mol. The van der Waals surface area contributed by atoms with E-state index in [2.05, 4.69) is 54.0 Å². The summed E-state index contributed by atoms with van der Waals surface area (Å²) in [5.74, 6) is 1.12. The zero-order chi connectivity index (χ0) is 24.9. The minimum Gasteiger partial charge on any atom is -0.346 e. The summed E-state index contributed by atoms with van der Waals surface area (Å²) in [4.78, 5) is 30.3. The Balaban J connectivity index is 1.34. The molecule has 4 aromatic rings. The van der Waals surface area contributed by atoms with Crippen LogP contribution >= 0.6 is 0 Å². The zero-order valence-corrected chi connectivity index (χ0v) is 20.9. The molecule has 2 aromatic heterocycles. The summed E-state index contributed by atoms with van der Waals surface area (Å²) in [7, 11) is 0. The number of aromatic nitrogens is 5. The first-order chi connectivity index (χ1) is 16.9. The van der Waals surface area contributed by atoms with Gasteiger partial charge in [0.1, 0.15) is 11.3 Å². The summed E-state index contributed by atoms with van der Waals surface area (Å²) >= 11 is 0. The maximum Gasteiger partial charge on any atom is 0.277 e. The number of amides is 1. The third-order valence-electron chi connectivity index (χ3n) is 6.30. The molecule has 8 heteroatoms. The largest absolute Gasteiger partial charge is 0.346 e. The summed E-state index contributed by atoms with van der Waals surface area (Å²) < 4.78 is 3.64. The lowest BCUT2D eigenvalue weighted by molar-refractivity contribution is -0.122. The van der Waals surface area contributed by atoms with Gasteiger partial charge in [-0.05, 0) is 56.9 Å². The number of nitrogens with one attached hydrogen (secondary N) is 1. The number of hydrogen-bond acceptors (Lipinski definition) is 5. The van der Waals surface area contributed by atoms with Gasteiger partial charge in [-0.3, -0.25) is 9.59 Å². The first kappa shape index (κ1) is 24.6. The van der Waals surface area contributed by atoms with Gasteiger partial charge in [-0.2, -0.15) is 0 Å². The SMILES string of the molecule is CC(C)[C@H](NC(=O)CCCCCn1nnc2ccccc2c1=O)c1nc2ccccc2n1C(C)C. The monoisotopic (exact) mass is 474 g/mol. The molecule has 1 atom stereocenters. The number of unbranched alkanes of at least 4 members (excludes halogenated alkanes) is 2. The number of fused-ring (bicyclic) bond motifs is 2. The molecule has 0 saturated carbocycles.